The standard InChI is InChI=1S/C28H30ClNO2.C22H18Cl2/c1-20-22(9-5-10-25(20)23-7-3-2-4-8-23)14-15-24-13-12-21(17-26(24)29)18-30-16-6-11-28(32)27(30)19-31;1-16-18(8-5-9-21(16)19-6-3-2-4-7-19)12-13-20-11-10-17(15-23)14-22(20)24/h2-5,7-10,12-15,17,27-28,31-32H,6,11,16,18-19H2,1H3;2-14H,15H2,1H3/b15-14+;13-12+. The van der Waals surface area contributed by atoms with Crippen molar-refractivity contribution in [1.29, 1.82) is 0 Å². The summed E-state index contributed by atoms with van der Waals surface area (Å²) in [5.74, 6) is 0.474. The number of rotatable bonds is 10. The predicted molar refractivity (Wildman–Crippen MR) is 240 cm³/mol. The highest BCUT2D eigenvalue weighted by Gasteiger charge is 2.29. The van der Waals surface area contributed by atoms with E-state index in [4.69, 9.17) is 34.8 Å². The van der Waals surface area contributed by atoms with E-state index in [1.807, 2.05) is 42.5 Å². The number of halogens is 3. The molecule has 6 aromatic rings. The molecule has 286 valence electrons. The van der Waals surface area contributed by atoms with Crippen molar-refractivity contribution in [3.8, 4) is 22.3 Å². The van der Waals surface area contributed by atoms with Gasteiger partial charge in [-0.2, -0.15) is 0 Å². The van der Waals surface area contributed by atoms with E-state index in [2.05, 4.69) is 134 Å². The number of piperidine rings is 1. The minimum absolute atomic E-state index is 0.0306. The minimum Gasteiger partial charge on any atom is -0.395 e. The largest absolute Gasteiger partial charge is 0.395 e. The summed E-state index contributed by atoms with van der Waals surface area (Å²) in [6, 6.07) is 45.4. The fourth-order valence-corrected chi connectivity index (χ4v) is 7.95. The van der Waals surface area contributed by atoms with E-state index < -0.39 is 6.10 Å². The van der Waals surface area contributed by atoms with Crippen molar-refractivity contribution in [2.75, 3.05) is 13.2 Å². The number of likely N-dealkylation sites (tertiary alicyclic amines) is 1. The van der Waals surface area contributed by atoms with Crippen LogP contribution in [-0.2, 0) is 12.4 Å². The number of hydrogen-bond donors (Lipinski definition) is 2. The van der Waals surface area contributed by atoms with Gasteiger partial charge in [-0.25, -0.2) is 0 Å². The Kier molecular flexibility index (Phi) is 14.8. The van der Waals surface area contributed by atoms with Crippen molar-refractivity contribution in [1.82, 2.24) is 4.90 Å². The van der Waals surface area contributed by atoms with Crippen molar-refractivity contribution in [3.05, 3.63) is 188 Å². The molecule has 2 atom stereocenters. The second-order valence-electron chi connectivity index (χ2n) is 14.2. The van der Waals surface area contributed by atoms with Gasteiger partial charge in [-0.1, -0.05) is 169 Å². The third-order valence-electron chi connectivity index (χ3n) is 10.5. The second kappa shape index (κ2) is 20.1. The van der Waals surface area contributed by atoms with E-state index in [9.17, 15) is 10.2 Å². The zero-order chi connectivity index (χ0) is 39.4. The van der Waals surface area contributed by atoms with Gasteiger partial charge in [0.15, 0.2) is 0 Å². The van der Waals surface area contributed by atoms with Gasteiger partial charge in [-0.3, -0.25) is 4.90 Å². The summed E-state index contributed by atoms with van der Waals surface area (Å²) in [6.45, 7) is 5.82. The maximum atomic E-state index is 10.2. The number of alkyl halides is 1. The van der Waals surface area contributed by atoms with Crippen LogP contribution in [-0.4, -0.2) is 40.4 Å². The second-order valence-corrected chi connectivity index (χ2v) is 15.3. The van der Waals surface area contributed by atoms with Crippen molar-refractivity contribution >= 4 is 59.1 Å². The lowest BCUT2D eigenvalue weighted by Crippen LogP contribution is -2.49. The first-order valence-electron chi connectivity index (χ1n) is 19.1. The molecule has 0 aliphatic carbocycles. The number of aliphatic hydroxyl groups is 2. The molecule has 7 rings (SSSR count). The van der Waals surface area contributed by atoms with Crippen LogP contribution in [0.25, 0.3) is 46.6 Å². The van der Waals surface area contributed by atoms with Crippen LogP contribution in [0.3, 0.4) is 0 Å². The molecule has 0 spiro atoms. The highest BCUT2D eigenvalue weighted by atomic mass is 35.5. The van der Waals surface area contributed by atoms with Gasteiger partial charge in [0.05, 0.1) is 18.8 Å². The van der Waals surface area contributed by atoms with Crippen LogP contribution in [0.1, 0.15) is 57.3 Å². The van der Waals surface area contributed by atoms with Crippen molar-refractivity contribution in [2.24, 2.45) is 0 Å². The summed E-state index contributed by atoms with van der Waals surface area (Å²) < 4.78 is 0. The van der Waals surface area contributed by atoms with Crippen LogP contribution in [0, 0.1) is 13.8 Å². The van der Waals surface area contributed by atoms with Gasteiger partial charge in [-0.05, 0) is 112 Å². The van der Waals surface area contributed by atoms with Crippen LogP contribution in [0.5, 0.6) is 0 Å². The van der Waals surface area contributed by atoms with Crippen LogP contribution in [0.15, 0.2) is 133 Å². The van der Waals surface area contributed by atoms with Gasteiger partial charge >= 0.3 is 0 Å². The number of nitrogens with zero attached hydrogens (tertiary/aromatic N) is 1. The maximum absolute atomic E-state index is 10.2. The van der Waals surface area contributed by atoms with E-state index in [0.717, 1.165) is 46.7 Å². The maximum Gasteiger partial charge on any atom is 0.0718 e. The van der Waals surface area contributed by atoms with Gasteiger partial charge in [0.25, 0.3) is 0 Å². The average Bonchev–Trinajstić information content (AvgIpc) is 3.22. The Morgan fingerprint density at radius 3 is 1.57 bits per heavy atom. The first-order valence-corrected chi connectivity index (χ1v) is 20.4. The van der Waals surface area contributed by atoms with Crippen LogP contribution in [0.2, 0.25) is 10.0 Å². The summed E-state index contributed by atoms with van der Waals surface area (Å²) >= 11 is 18.8. The molecule has 0 aromatic heterocycles. The Balaban J connectivity index is 0.000000198. The quantitative estimate of drug-likeness (QED) is 0.107. The topological polar surface area (TPSA) is 43.7 Å². The number of benzene rings is 6. The predicted octanol–water partition coefficient (Wildman–Crippen LogP) is 13.0. The van der Waals surface area contributed by atoms with Crippen LogP contribution < -0.4 is 0 Å². The molecule has 0 bridgehead atoms. The van der Waals surface area contributed by atoms with E-state index in [0.29, 0.717) is 17.4 Å². The first kappa shape index (κ1) is 41.2. The Morgan fingerprint density at radius 1 is 0.607 bits per heavy atom. The van der Waals surface area contributed by atoms with Crippen molar-refractivity contribution < 1.29 is 10.2 Å². The summed E-state index contributed by atoms with van der Waals surface area (Å²) in [6.07, 6.45) is 9.56. The summed E-state index contributed by atoms with van der Waals surface area (Å²) in [4.78, 5) is 2.15. The summed E-state index contributed by atoms with van der Waals surface area (Å²) in [7, 11) is 0. The summed E-state index contributed by atoms with van der Waals surface area (Å²) in [5, 5.41) is 21.3. The monoisotopic (exact) mass is 799 g/mol. The zero-order valence-corrected chi connectivity index (χ0v) is 34.2. The van der Waals surface area contributed by atoms with Gasteiger partial charge in [0, 0.05) is 22.5 Å². The number of hydrogen-bond acceptors (Lipinski definition) is 3. The molecule has 0 radical (unpaired) electrons. The smallest absolute Gasteiger partial charge is 0.0718 e. The van der Waals surface area contributed by atoms with Crippen molar-refractivity contribution in [2.45, 2.75) is 51.3 Å². The fraction of sp³-hybridized carbons (Fsp3) is 0.200. The Labute approximate surface area is 347 Å². The molecule has 2 unspecified atom stereocenters. The Morgan fingerprint density at radius 2 is 1.09 bits per heavy atom. The molecule has 6 aromatic carbocycles. The molecule has 0 amide bonds. The Hall–Kier alpha value is -4.45. The normalized spacial score (nSPS) is 15.9. The van der Waals surface area contributed by atoms with Gasteiger partial charge in [-0.15, -0.1) is 11.6 Å². The number of aliphatic hydroxyl groups excluding tert-OH is 2. The van der Waals surface area contributed by atoms with Crippen LogP contribution in [0.4, 0.5) is 0 Å². The van der Waals surface area contributed by atoms with Gasteiger partial charge in [0.1, 0.15) is 0 Å². The third-order valence-corrected chi connectivity index (χ3v) is 11.5. The lowest BCUT2D eigenvalue weighted by molar-refractivity contribution is -0.0197. The molecule has 56 heavy (non-hydrogen) atoms. The molecule has 0 saturated carbocycles. The molecular formula is C50H48Cl3NO2. The Bertz CT molecular complexity index is 2270. The fourth-order valence-electron chi connectivity index (χ4n) is 7.25. The van der Waals surface area contributed by atoms with Gasteiger partial charge < -0.3 is 10.2 Å². The van der Waals surface area contributed by atoms with E-state index in [1.54, 1.807) is 0 Å². The molecule has 1 aliphatic rings. The lowest BCUT2D eigenvalue weighted by atomic mass is 9.96. The molecule has 3 nitrogen and oxygen atoms in total. The molecule has 1 fully saturated rings. The van der Waals surface area contributed by atoms with Gasteiger partial charge in [0.2, 0.25) is 0 Å². The van der Waals surface area contributed by atoms with E-state index in [1.165, 1.54) is 44.5 Å². The summed E-state index contributed by atoms with van der Waals surface area (Å²) in [5.41, 5.74) is 13.9. The third kappa shape index (κ3) is 10.5. The molecule has 1 aliphatic heterocycles. The van der Waals surface area contributed by atoms with E-state index >= 15 is 0 Å². The average molecular weight is 801 g/mol. The highest BCUT2D eigenvalue weighted by molar-refractivity contribution is 6.32. The van der Waals surface area contributed by atoms with Crippen molar-refractivity contribution in [3.63, 3.8) is 0 Å². The molecule has 1 saturated heterocycles. The zero-order valence-electron chi connectivity index (χ0n) is 31.9. The lowest BCUT2D eigenvalue weighted by Gasteiger charge is -2.38. The molecular weight excluding hydrogens is 753 g/mol. The first-order chi connectivity index (χ1) is 27.2. The molecule has 6 heteroatoms. The van der Waals surface area contributed by atoms with Crippen LogP contribution >= 0.6 is 34.8 Å². The van der Waals surface area contributed by atoms with E-state index in [-0.39, 0.29) is 12.6 Å². The molecule has 2 N–H and O–H groups in total. The highest BCUT2D eigenvalue weighted by Crippen LogP contribution is 2.30. The molecule has 1 heterocycles. The SMILES string of the molecule is Cc1c(/C=C/c2ccc(CCl)cc2Cl)cccc1-c1ccccc1.Cc1c(/C=C/c2ccc(CN3CCCC(O)C3CO)cc2Cl)cccc1-c1ccccc1. The minimum atomic E-state index is -0.471.